The normalized spacial score (nSPS) is 10.6. The maximum Gasteiger partial charge on any atom is 0.179 e. The molecule has 0 radical (unpaired) electrons. The summed E-state index contributed by atoms with van der Waals surface area (Å²) in [6.07, 6.45) is 0.963. The first-order chi connectivity index (χ1) is 8.20. The zero-order valence-electron chi connectivity index (χ0n) is 9.84. The van der Waals surface area contributed by atoms with Crippen molar-refractivity contribution in [1.82, 2.24) is 0 Å². The average molecular weight is 306 g/mol. The monoisotopic (exact) mass is 305 g/mol. The topological polar surface area (TPSA) is 44.5 Å². The standard InChI is InChI=1S/C12H17BrFNO2/c1-2-5-16-6-7-17-10-4-3-9(8-15)11(13)12(10)14/h3-4H,2,5-8,15H2,1H3. The molecule has 0 amide bonds. The second kappa shape index (κ2) is 7.63. The van der Waals surface area contributed by atoms with Gasteiger partial charge in [-0.3, -0.25) is 0 Å². The van der Waals surface area contributed by atoms with Crippen LogP contribution in [-0.2, 0) is 11.3 Å². The summed E-state index contributed by atoms with van der Waals surface area (Å²) < 4.78 is 24.7. The molecule has 0 heterocycles. The van der Waals surface area contributed by atoms with Gasteiger partial charge in [-0.05, 0) is 34.0 Å². The third kappa shape index (κ3) is 4.26. The summed E-state index contributed by atoms with van der Waals surface area (Å²) in [6.45, 7) is 3.82. The highest BCUT2D eigenvalue weighted by atomic mass is 79.9. The molecule has 17 heavy (non-hydrogen) atoms. The van der Waals surface area contributed by atoms with Gasteiger partial charge in [0.15, 0.2) is 11.6 Å². The Hall–Kier alpha value is -0.650. The minimum atomic E-state index is -0.413. The lowest BCUT2D eigenvalue weighted by Gasteiger charge is -2.10. The minimum Gasteiger partial charge on any atom is -0.488 e. The summed E-state index contributed by atoms with van der Waals surface area (Å²) in [7, 11) is 0. The third-order valence-electron chi connectivity index (χ3n) is 2.18. The first-order valence-corrected chi connectivity index (χ1v) is 6.37. The Labute approximate surface area is 109 Å². The Morgan fingerprint density at radius 3 is 2.71 bits per heavy atom. The third-order valence-corrected chi connectivity index (χ3v) is 3.04. The fraction of sp³-hybridized carbons (Fsp3) is 0.500. The van der Waals surface area contributed by atoms with Crippen LogP contribution in [0.1, 0.15) is 18.9 Å². The highest BCUT2D eigenvalue weighted by Gasteiger charge is 2.11. The molecule has 2 N–H and O–H groups in total. The second-order valence-corrected chi connectivity index (χ2v) is 4.31. The van der Waals surface area contributed by atoms with Crippen LogP contribution in [0.25, 0.3) is 0 Å². The molecule has 0 fully saturated rings. The number of nitrogens with two attached hydrogens (primary N) is 1. The van der Waals surface area contributed by atoms with Crippen LogP contribution in [0.4, 0.5) is 4.39 Å². The molecular weight excluding hydrogens is 289 g/mol. The van der Waals surface area contributed by atoms with E-state index in [2.05, 4.69) is 15.9 Å². The van der Waals surface area contributed by atoms with Crippen molar-refractivity contribution < 1.29 is 13.9 Å². The van der Waals surface area contributed by atoms with Gasteiger partial charge >= 0.3 is 0 Å². The van der Waals surface area contributed by atoms with Gasteiger partial charge in [0, 0.05) is 13.2 Å². The first kappa shape index (κ1) is 14.4. The SMILES string of the molecule is CCCOCCOc1ccc(CN)c(Br)c1F. The van der Waals surface area contributed by atoms with E-state index in [1.807, 2.05) is 6.92 Å². The van der Waals surface area contributed by atoms with Crippen molar-refractivity contribution in [2.75, 3.05) is 19.8 Å². The molecule has 0 unspecified atom stereocenters. The molecule has 3 nitrogen and oxygen atoms in total. The van der Waals surface area contributed by atoms with Gasteiger partial charge in [-0.2, -0.15) is 0 Å². The van der Waals surface area contributed by atoms with Crippen LogP contribution in [-0.4, -0.2) is 19.8 Å². The van der Waals surface area contributed by atoms with Gasteiger partial charge in [0.2, 0.25) is 0 Å². The van der Waals surface area contributed by atoms with Gasteiger partial charge in [0.1, 0.15) is 6.61 Å². The molecule has 0 saturated heterocycles. The Morgan fingerprint density at radius 1 is 1.29 bits per heavy atom. The first-order valence-electron chi connectivity index (χ1n) is 5.58. The predicted octanol–water partition coefficient (Wildman–Crippen LogP) is 2.85. The van der Waals surface area contributed by atoms with Crippen LogP contribution < -0.4 is 10.5 Å². The number of benzene rings is 1. The van der Waals surface area contributed by atoms with E-state index in [1.165, 1.54) is 0 Å². The fourth-order valence-corrected chi connectivity index (χ4v) is 1.79. The van der Waals surface area contributed by atoms with Crippen LogP contribution in [0.3, 0.4) is 0 Å². The molecule has 1 aromatic carbocycles. The number of hydrogen-bond donors (Lipinski definition) is 1. The lowest BCUT2D eigenvalue weighted by molar-refractivity contribution is 0.0991. The van der Waals surface area contributed by atoms with E-state index in [-0.39, 0.29) is 12.3 Å². The summed E-state index contributed by atoms with van der Waals surface area (Å²) in [5, 5.41) is 0. The van der Waals surface area contributed by atoms with E-state index in [0.717, 1.165) is 12.0 Å². The summed E-state index contributed by atoms with van der Waals surface area (Å²) in [5.74, 6) is -0.197. The summed E-state index contributed by atoms with van der Waals surface area (Å²) in [4.78, 5) is 0. The molecule has 0 spiro atoms. The van der Waals surface area contributed by atoms with E-state index < -0.39 is 5.82 Å². The fourth-order valence-electron chi connectivity index (χ4n) is 1.30. The van der Waals surface area contributed by atoms with Crippen molar-refractivity contribution in [1.29, 1.82) is 0 Å². The van der Waals surface area contributed by atoms with Gasteiger partial charge in [-0.15, -0.1) is 0 Å². The molecule has 0 saturated carbocycles. The number of hydrogen-bond acceptors (Lipinski definition) is 3. The van der Waals surface area contributed by atoms with Crippen molar-refractivity contribution in [3.05, 3.63) is 28.0 Å². The van der Waals surface area contributed by atoms with Gasteiger partial charge in [-0.25, -0.2) is 4.39 Å². The predicted molar refractivity (Wildman–Crippen MR) is 68.6 cm³/mol. The Bertz CT molecular complexity index is 361. The van der Waals surface area contributed by atoms with Crippen molar-refractivity contribution in [3.63, 3.8) is 0 Å². The molecule has 0 aliphatic carbocycles. The number of halogens is 2. The molecule has 1 aromatic rings. The van der Waals surface area contributed by atoms with Gasteiger partial charge in [0.25, 0.3) is 0 Å². The summed E-state index contributed by atoms with van der Waals surface area (Å²) >= 11 is 3.16. The maximum atomic E-state index is 13.8. The van der Waals surface area contributed by atoms with Crippen molar-refractivity contribution in [2.24, 2.45) is 5.73 Å². The highest BCUT2D eigenvalue weighted by molar-refractivity contribution is 9.10. The van der Waals surface area contributed by atoms with Crippen LogP contribution >= 0.6 is 15.9 Å². The van der Waals surface area contributed by atoms with Crippen molar-refractivity contribution in [3.8, 4) is 5.75 Å². The minimum absolute atomic E-state index is 0.217. The molecule has 0 aliphatic rings. The highest BCUT2D eigenvalue weighted by Crippen LogP contribution is 2.28. The number of ether oxygens (including phenoxy) is 2. The van der Waals surface area contributed by atoms with E-state index in [9.17, 15) is 4.39 Å². The van der Waals surface area contributed by atoms with Crippen LogP contribution in [0.2, 0.25) is 0 Å². The molecule has 96 valence electrons. The van der Waals surface area contributed by atoms with Crippen LogP contribution in [0, 0.1) is 5.82 Å². The Morgan fingerprint density at radius 2 is 2.06 bits per heavy atom. The largest absolute Gasteiger partial charge is 0.488 e. The van der Waals surface area contributed by atoms with E-state index in [4.69, 9.17) is 15.2 Å². The summed E-state index contributed by atoms with van der Waals surface area (Å²) in [5.41, 5.74) is 6.19. The Balaban J connectivity index is 2.51. The van der Waals surface area contributed by atoms with Gasteiger partial charge < -0.3 is 15.2 Å². The Kier molecular flexibility index (Phi) is 6.47. The second-order valence-electron chi connectivity index (χ2n) is 3.52. The quantitative estimate of drug-likeness (QED) is 0.788. The average Bonchev–Trinajstić information content (AvgIpc) is 2.34. The van der Waals surface area contributed by atoms with Crippen LogP contribution in [0.15, 0.2) is 16.6 Å². The zero-order valence-corrected chi connectivity index (χ0v) is 11.4. The smallest absolute Gasteiger partial charge is 0.179 e. The zero-order chi connectivity index (χ0) is 12.7. The van der Waals surface area contributed by atoms with Crippen molar-refractivity contribution in [2.45, 2.75) is 19.9 Å². The summed E-state index contributed by atoms with van der Waals surface area (Å²) in [6, 6.07) is 3.33. The van der Waals surface area contributed by atoms with E-state index in [1.54, 1.807) is 12.1 Å². The molecular formula is C12H17BrFNO2. The molecule has 0 aromatic heterocycles. The molecule has 0 aliphatic heterocycles. The van der Waals surface area contributed by atoms with Crippen molar-refractivity contribution >= 4 is 15.9 Å². The molecule has 5 heteroatoms. The number of rotatable bonds is 7. The lowest BCUT2D eigenvalue weighted by Crippen LogP contribution is -2.09. The van der Waals surface area contributed by atoms with E-state index in [0.29, 0.717) is 24.3 Å². The molecule has 1 rings (SSSR count). The molecule has 0 bridgehead atoms. The molecule has 0 atom stereocenters. The van der Waals surface area contributed by atoms with Gasteiger partial charge in [-0.1, -0.05) is 13.0 Å². The lowest BCUT2D eigenvalue weighted by atomic mass is 10.2. The van der Waals surface area contributed by atoms with Gasteiger partial charge in [0.05, 0.1) is 11.1 Å². The van der Waals surface area contributed by atoms with Crippen LogP contribution in [0.5, 0.6) is 5.75 Å². The van der Waals surface area contributed by atoms with E-state index >= 15 is 0 Å². The maximum absolute atomic E-state index is 13.8.